The van der Waals surface area contributed by atoms with E-state index in [-0.39, 0.29) is 0 Å². The lowest BCUT2D eigenvalue weighted by molar-refractivity contribution is -0.361. The Morgan fingerprint density at radius 3 is 1.36 bits per heavy atom. The molecule has 3 amide bonds. The van der Waals surface area contributed by atoms with Gasteiger partial charge < -0.3 is 101 Å². The minimum absolute atomic E-state index is 0.757. The lowest BCUT2D eigenvalue weighted by Crippen LogP contribution is -2.71. The highest BCUT2D eigenvalue weighted by Crippen LogP contribution is 2.34. The van der Waals surface area contributed by atoms with Gasteiger partial charge in [-0.3, -0.25) is 18.9 Å². The summed E-state index contributed by atoms with van der Waals surface area (Å²) in [5, 5.41) is 103. The monoisotopic (exact) mass is 868 g/mol. The van der Waals surface area contributed by atoms with Crippen molar-refractivity contribution in [3.63, 3.8) is 0 Å². The van der Waals surface area contributed by atoms with Gasteiger partial charge in [0, 0.05) is 20.8 Å². The predicted molar refractivity (Wildman–Crippen MR) is 181 cm³/mol. The Labute approximate surface area is 330 Å². The Morgan fingerprint density at radius 2 is 0.948 bits per heavy atom. The fourth-order valence-corrected chi connectivity index (χ4v) is 7.26. The Hall–Kier alpha value is -2.40. The molecule has 58 heavy (non-hydrogen) atoms. The number of hydrogen-bond acceptors (Lipinski definition) is 23. The summed E-state index contributed by atoms with van der Waals surface area (Å²) in [4.78, 5) is 36.6. The third kappa shape index (κ3) is 11.5. The molecular weight excluding hydrogens is 816 g/mol. The molecule has 4 aliphatic heterocycles. The number of rotatable bonds is 15. The maximum Gasteiger partial charge on any atom is 0.397 e. The summed E-state index contributed by atoms with van der Waals surface area (Å²) in [6.07, 6.45) is -28.0. The Bertz CT molecular complexity index is 1500. The zero-order valence-corrected chi connectivity index (χ0v) is 32.0. The Morgan fingerprint density at radius 1 is 0.569 bits per heavy atom. The summed E-state index contributed by atoms with van der Waals surface area (Å²) in [5.41, 5.74) is 5.97. The number of carbonyl (C=O) groups excluding carboxylic acids is 3. The summed E-state index contributed by atoms with van der Waals surface area (Å²) in [6.45, 7) is -0.659. The quantitative estimate of drug-likeness (QED) is 0.0680. The van der Waals surface area contributed by atoms with Gasteiger partial charge in [0.25, 0.3) is 0 Å². The second-order valence-electron chi connectivity index (χ2n) is 14.0. The molecule has 4 aliphatic rings. The van der Waals surface area contributed by atoms with Crippen LogP contribution in [0, 0.1) is 0 Å². The average molecular weight is 869 g/mol. The molecule has 28 heteroatoms. The minimum atomic E-state index is -5.13. The van der Waals surface area contributed by atoms with Gasteiger partial charge in [0.1, 0.15) is 91.4 Å². The van der Waals surface area contributed by atoms with Gasteiger partial charge in [-0.05, 0) is 0 Å². The molecule has 15 N–H and O–H groups in total. The number of aliphatic hydroxyl groups is 9. The fourth-order valence-electron chi connectivity index (χ4n) is 6.95. The minimum Gasteiger partial charge on any atom is -0.394 e. The summed E-state index contributed by atoms with van der Waals surface area (Å²) in [6, 6.07) is -6.41. The van der Waals surface area contributed by atoms with Crippen molar-refractivity contribution in [3.05, 3.63) is 0 Å². The molecule has 4 heterocycles. The first-order chi connectivity index (χ1) is 27.1. The van der Waals surface area contributed by atoms with Crippen LogP contribution in [-0.4, -0.2) is 226 Å². The molecule has 4 rings (SSSR count). The second-order valence-corrected chi connectivity index (χ2v) is 15.1. The molecule has 0 aromatic heterocycles. The number of aliphatic hydroxyl groups excluding tert-OH is 9. The van der Waals surface area contributed by atoms with Gasteiger partial charge in [0.15, 0.2) is 25.2 Å². The number of nitrogens with two attached hydrogens (primary N) is 1. The maximum absolute atomic E-state index is 12.4. The van der Waals surface area contributed by atoms with Gasteiger partial charge in [-0.1, -0.05) is 0 Å². The van der Waals surface area contributed by atoms with Crippen LogP contribution in [0.1, 0.15) is 20.8 Å². The lowest BCUT2D eigenvalue weighted by Gasteiger charge is -2.50. The Kier molecular flexibility index (Phi) is 17.0. The first kappa shape index (κ1) is 48.3. The van der Waals surface area contributed by atoms with Crippen molar-refractivity contribution >= 4 is 28.1 Å². The molecule has 4 fully saturated rings. The molecule has 0 bridgehead atoms. The second kappa shape index (κ2) is 20.4. The highest BCUT2D eigenvalue weighted by Gasteiger charge is 2.56. The van der Waals surface area contributed by atoms with Gasteiger partial charge in [0.2, 0.25) is 17.7 Å². The third-order valence-electron chi connectivity index (χ3n) is 9.69. The van der Waals surface area contributed by atoms with Crippen LogP contribution in [0.2, 0.25) is 0 Å². The molecule has 0 aromatic carbocycles. The van der Waals surface area contributed by atoms with Gasteiger partial charge >= 0.3 is 10.4 Å². The zero-order chi connectivity index (χ0) is 43.4. The van der Waals surface area contributed by atoms with Crippen molar-refractivity contribution in [2.75, 3.05) is 26.4 Å². The van der Waals surface area contributed by atoms with Gasteiger partial charge in [-0.15, -0.1) is 0 Å². The van der Waals surface area contributed by atoms with E-state index >= 15 is 0 Å². The standard InChI is InChI=1S/C30H52N4O23S/c1-8(38)32-16-21(43)26(14(51-27(16)46)7-50-58(47,48)49)57-30-18(34-10(3)40)23(45)25(13(6-37)54-30)56-29-17(33-9(2)39)22(44)24(12(5-36)53-29)55-28-15(31)20(42)19(41)11(4-35)52-28/h11-30,35-37,41-46H,4-7,31H2,1-3H3,(H,32,38)(H,33,39)(H,34,40)(H,47,48,49)/t11-,12+,13-,14-,15-,16-,17-,18-,19-,20-,21?,22?,23-,24-,25-,26-,27-,28+,29+,30+/m1/s1. The zero-order valence-electron chi connectivity index (χ0n) is 31.1. The van der Waals surface area contributed by atoms with Crippen LogP contribution in [0.4, 0.5) is 0 Å². The van der Waals surface area contributed by atoms with Crippen LogP contribution in [0.15, 0.2) is 0 Å². The van der Waals surface area contributed by atoms with Crippen LogP contribution in [0.25, 0.3) is 0 Å². The van der Waals surface area contributed by atoms with Crippen molar-refractivity contribution in [3.8, 4) is 0 Å². The highest BCUT2D eigenvalue weighted by molar-refractivity contribution is 7.80. The first-order valence-corrected chi connectivity index (χ1v) is 19.2. The van der Waals surface area contributed by atoms with Crippen LogP contribution in [-0.2, 0) is 62.1 Å². The maximum atomic E-state index is 12.4. The lowest BCUT2D eigenvalue weighted by atomic mass is 9.93. The fraction of sp³-hybridized carbons (Fsp3) is 0.900. The van der Waals surface area contributed by atoms with E-state index in [0.29, 0.717) is 0 Å². The van der Waals surface area contributed by atoms with Gasteiger partial charge in [-0.2, -0.15) is 8.42 Å². The molecule has 2 unspecified atom stereocenters. The summed E-state index contributed by atoms with van der Waals surface area (Å²) in [5.74, 6) is -2.34. The SMILES string of the molecule is CC(=O)N[C@H]1[C@H](O[C@H]2C(O)[C@@H](NC(C)=O)[C@H](O)O[C@@H]2COS(=O)(=O)O)O[C@H](CO)[C@@H](O[C@@H]2O[C@@H](CO)[C@@H](O[C@@H]3O[C@H](CO)[C@@H](O)[C@H](O)[C@H]3N)C(O)[C@H]2NC(C)=O)[C@@H]1O. The van der Waals surface area contributed by atoms with Crippen molar-refractivity contribution in [2.24, 2.45) is 5.73 Å². The first-order valence-electron chi connectivity index (χ1n) is 17.8. The number of hydrogen-bond donors (Lipinski definition) is 14. The van der Waals surface area contributed by atoms with Gasteiger partial charge in [0.05, 0.1) is 32.5 Å². The van der Waals surface area contributed by atoms with E-state index in [9.17, 15) is 68.8 Å². The van der Waals surface area contributed by atoms with Crippen LogP contribution in [0.3, 0.4) is 0 Å². The van der Waals surface area contributed by atoms with Crippen LogP contribution in [0.5, 0.6) is 0 Å². The molecule has 4 saturated heterocycles. The molecule has 0 aromatic rings. The smallest absolute Gasteiger partial charge is 0.394 e. The average Bonchev–Trinajstić information content (AvgIpc) is 3.14. The third-order valence-corrected chi connectivity index (χ3v) is 10.1. The van der Waals surface area contributed by atoms with E-state index in [1.165, 1.54) is 0 Å². The summed E-state index contributed by atoms with van der Waals surface area (Å²) < 4.78 is 76.4. The molecular formula is C30H52N4O23S. The van der Waals surface area contributed by atoms with E-state index in [0.717, 1.165) is 20.8 Å². The van der Waals surface area contributed by atoms with E-state index in [2.05, 4.69) is 20.1 Å². The number of ether oxygens (including phenoxy) is 7. The summed E-state index contributed by atoms with van der Waals surface area (Å²) in [7, 11) is -5.13. The van der Waals surface area contributed by atoms with E-state index in [4.69, 9.17) is 43.4 Å². The van der Waals surface area contributed by atoms with E-state index < -0.39 is 177 Å². The molecule has 336 valence electrons. The van der Waals surface area contributed by atoms with Crippen molar-refractivity contribution < 1.29 is 111 Å². The molecule has 0 aliphatic carbocycles. The van der Waals surface area contributed by atoms with Gasteiger partial charge in [-0.25, -0.2) is 4.18 Å². The van der Waals surface area contributed by atoms with Crippen LogP contribution < -0.4 is 21.7 Å². The molecule has 0 radical (unpaired) electrons. The normalized spacial score (nSPS) is 43.6. The highest BCUT2D eigenvalue weighted by atomic mass is 32.3. The molecule has 27 nitrogen and oxygen atoms in total. The van der Waals surface area contributed by atoms with E-state index in [1.54, 1.807) is 0 Å². The van der Waals surface area contributed by atoms with Crippen molar-refractivity contribution in [2.45, 2.75) is 143 Å². The number of carbonyl (C=O) groups is 3. The predicted octanol–water partition coefficient (Wildman–Crippen LogP) is -9.52. The van der Waals surface area contributed by atoms with Crippen molar-refractivity contribution in [1.82, 2.24) is 16.0 Å². The largest absolute Gasteiger partial charge is 0.397 e. The Balaban J connectivity index is 1.62. The summed E-state index contributed by atoms with van der Waals surface area (Å²) >= 11 is 0. The molecule has 0 spiro atoms. The number of nitrogens with one attached hydrogen (secondary N) is 3. The molecule has 20 atom stereocenters. The topological polar surface area (TPSA) is 424 Å². The van der Waals surface area contributed by atoms with Crippen LogP contribution >= 0.6 is 0 Å². The molecule has 0 saturated carbocycles. The van der Waals surface area contributed by atoms with Crippen molar-refractivity contribution in [1.29, 1.82) is 0 Å². The number of amides is 3. The van der Waals surface area contributed by atoms with E-state index in [1.807, 2.05) is 0 Å².